The van der Waals surface area contributed by atoms with Gasteiger partial charge in [-0.25, -0.2) is 14.2 Å². The van der Waals surface area contributed by atoms with Gasteiger partial charge < -0.3 is 4.42 Å². The van der Waals surface area contributed by atoms with Crippen LogP contribution in [-0.4, -0.2) is 0 Å². The van der Waals surface area contributed by atoms with Gasteiger partial charge in [0.25, 0.3) is 0 Å². The summed E-state index contributed by atoms with van der Waals surface area (Å²) in [5, 5.41) is 0. The molecule has 0 saturated carbocycles. The topological polar surface area (TPSA) is 51.2 Å². The number of hydrogen-bond donors (Lipinski definition) is 2. The van der Waals surface area contributed by atoms with Gasteiger partial charge in [-0.1, -0.05) is 12.1 Å². The van der Waals surface area contributed by atoms with Gasteiger partial charge in [0.05, 0.1) is 12.3 Å². The fourth-order valence-electron chi connectivity index (χ4n) is 1.60. The van der Waals surface area contributed by atoms with Crippen LogP contribution in [-0.2, 0) is 0 Å². The third kappa shape index (κ3) is 2.24. The zero-order valence-electron chi connectivity index (χ0n) is 8.58. The molecule has 6 heteroatoms. The number of benzene rings is 1. The van der Waals surface area contributed by atoms with Gasteiger partial charge in [0.1, 0.15) is 0 Å². The van der Waals surface area contributed by atoms with Gasteiger partial charge in [0.2, 0.25) is 0 Å². The largest absolute Gasteiger partial charge is 0.457 e. The Labute approximate surface area is 105 Å². The van der Waals surface area contributed by atoms with Crippen molar-refractivity contribution >= 4 is 15.9 Å². The van der Waals surface area contributed by atoms with Gasteiger partial charge in [0, 0.05) is 11.1 Å². The number of hydrazine groups is 1. The van der Waals surface area contributed by atoms with E-state index in [-0.39, 0.29) is 5.56 Å². The van der Waals surface area contributed by atoms with Crippen LogP contribution in [0.4, 0.5) is 8.78 Å². The lowest BCUT2D eigenvalue weighted by Gasteiger charge is -2.16. The predicted octanol–water partition coefficient (Wildman–Crippen LogP) is 2.87. The quantitative estimate of drug-likeness (QED) is 0.677. The molecule has 0 fully saturated rings. The molecule has 0 radical (unpaired) electrons. The zero-order valence-corrected chi connectivity index (χ0v) is 10.2. The molecule has 3 nitrogen and oxygen atoms in total. The first-order valence-corrected chi connectivity index (χ1v) is 5.57. The summed E-state index contributed by atoms with van der Waals surface area (Å²) in [7, 11) is 0. The average Bonchev–Trinajstić information content (AvgIpc) is 2.72. The van der Waals surface area contributed by atoms with Crippen LogP contribution in [0, 0.1) is 11.6 Å². The highest BCUT2D eigenvalue weighted by molar-refractivity contribution is 9.10. The van der Waals surface area contributed by atoms with Crippen molar-refractivity contribution in [3.05, 3.63) is 58.0 Å². The van der Waals surface area contributed by atoms with Crippen molar-refractivity contribution in [2.75, 3.05) is 0 Å². The second-order valence-corrected chi connectivity index (χ2v) is 4.11. The minimum Gasteiger partial charge on any atom is -0.457 e. The van der Waals surface area contributed by atoms with E-state index < -0.39 is 17.7 Å². The Morgan fingerprint density at radius 1 is 1.24 bits per heavy atom. The van der Waals surface area contributed by atoms with Crippen LogP contribution in [0.2, 0.25) is 0 Å². The van der Waals surface area contributed by atoms with Crippen molar-refractivity contribution in [3.63, 3.8) is 0 Å². The number of halogens is 3. The van der Waals surface area contributed by atoms with Crippen LogP contribution in [0.3, 0.4) is 0 Å². The number of rotatable bonds is 3. The molecule has 1 aromatic carbocycles. The van der Waals surface area contributed by atoms with Crippen LogP contribution in [0.25, 0.3) is 0 Å². The highest BCUT2D eigenvalue weighted by atomic mass is 79.9. The molecule has 3 N–H and O–H groups in total. The third-order valence-electron chi connectivity index (χ3n) is 2.42. The predicted molar refractivity (Wildman–Crippen MR) is 61.9 cm³/mol. The SMILES string of the molecule is NNC(c1ccoc1Br)c1cccc(F)c1F. The lowest BCUT2D eigenvalue weighted by molar-refractivity contribution is 0.478. The van der Waals surface area contributed by atoms with E-state index in [0.29, 0.717) is 10.2 Å². The molecule has 1 heterocycles. The molecule has 1 aromatic heterocycles. The summed E-state index contributed by atoms with van der Waals surface area (Å²) in [6, 6.07) is 4.88. The fraction of sp³-hybridized carbons (Fsp3) is 0.0909. The van der Waals surface area contributed by atoms with E-state index in [1.165, 1.54) is 18.4 Å². The molecule has 0 aliphatic rings. The molecule has 2 rings (SSSR count). The molecular formula is C11H9BrF2N2O. The van der Waals surface area contributed by atoms with Crippen LogP contribution in [0.15, 0.2) is 39.6 Å². The maximum Gasteiger partial charge on any atom is 0.174 e. The Morgan fingerprint density at radius 3 is 2.59 bits per heavy atom. The fourth-order valence-corrected chi connectivity index (χ4v) is 2.07. The van der Waals surface area contributed by atoms with Crippen molar-refractivity contribution in [1.82, 2.24) is 5.43 Å². The van der Waals surface area contributed by atoms with Crippen LogP contribution in [0.5, 0.6) is 0 Å². The van der Waals surface area contributed by atoms with Crippen molar-refractivity contribution in [1.29, 1.82) is 0 Å². The second-order valence-electron chi connectivity index (χ2n) is 3.39. The second kappa shape index (κ2) is 4.95. The third-order valence-corrected chi connectivity index (χ3v) is 3.06. The minimum atomic E-state index is -0.927. The molecular weight excluding hydrogens is 294 g/mol. The molecule has 0 aliphatic carbocycles. The van der Waals surface area contributed by atoms with E-state index in [1.807, 2.05) is 0 Å². The molecule has 90 valence electrons. The van der Waals surface area contributed by atoms with Crippen molar-refractivity contribution in [2.45, 2.75) is 6.04 Å². The van der Waals surface area contributed by atoms with Gasteiger partial charge in [-0.2, -0.15) is 0 Å². The number of nitrogens with one attached hydrogen (secondary N) is 1. The highest BCUT2D eigenvalue weighted by Gasteiger charge is 2.22. The molecule has 17 heavy (non-hydrogen) atoms. The lowest BCUT2D eigenvalue weighted by Crippen LogP contribution is -2.29. The lowest BCUT2D eigenvalue weighted by atomic mass is 10.0. The Hall–Kier alpha value is -1.24. The first-order chi connectivity index (χ1) is 8.15. The van der Waals surface area contributed by atoms with Crippen LogP contribution >= 0.6 is 15.9 Å². The molecule has 1 atom stereocenters. The van der Waals surface area contributed by atoms with E-state index in [0.717, 1.165) is 6.07 Å². The number of nitrogens with two attached hydrogens (primary N) is 1. The zero-order chi connectivity index (χ0) is 12.4. The van der Waals surface area contributed by atoms with E-state index in [1.54, 1.807) is 6.07 Å². The monoisotopic (exact) mass is 302 g/mol. The maximum atomic E-state index is 13.6. The molecule has 0 bridgehead atoms. The molecule has 0 saturated heterocycles. The molecule has 2 aromatic rings. The summed E-state index contributed by atoms with van der Waals surface area (Å²) in [4.78, 5) is 0. The van der Waals surface area contributed by atoms with E-state index in [2.05, 4.69) is 21.4 Å². The first kappa shape index (κ1) is 12.2. The molecule has 1 unspecified atom stereocenters. The molecule has 0 aliphatic heterocycles. The minimum absolute atomic E-state index is 0.120. The summed E-state index contributed by atoms with van der Waals surface area (Å²) in [5.41, 5.74) is 3.15. The summed E-state index contributed by atoms with van der Waals surface area (Å²) < 4.78 is 32.2. The smallest absolute Gasteiger partial charge is 0.174 e. The van der Waals surface area contributed by atoms with Gasteiger partial charge in [-0.05, 0) is 28.1 Å². The van der Waals surface area contributed by atoms with Crippen molar-refractivity contribution in [2.24, 2.45) is 5.84 Å². The standard InChI is InChI=1S/C11H9BrF2N2O/c12-11-7(4-5-17-11)10(16-15)6-2-1-3-8(13)9(6)14/h1-5,10,16H,15H2. The number of hydrogen-bond acceptors (Lipinski definition) is 3. The highest BCUT2D eigenvalue weighted by Crippen LogP contribution is 2.30. The van der Waals surface area contributed by atoms with E-state index in [4.69, 9.17) is 10.3 Å². The number of furan rings is 1. The average molecular weight is 303 g/mol. The molecule has 0 amide bonds. The summed E-state index contributed by atoms with van der Waals surface area (Å²) in [6.45, 7) is 0. The normalized spacial score (nSPS) is 12.7. The Balaban J connectivity index is 2.50. The van der Waals surface area contributed by atoms with Gasteiger partial charge in [0.15, 0.2) is 16.3 Å². The maximum absolute atomic E-state index is 13.6. The first-order valence-electron chi connectivity index (χ1n) is 4.78. The van der Waals surface area contributed by atoms with Gasteiger partial charge in [-0.15, -0.1) is 0 Å². The van der Waals surface area contributed by atoms with Crippen molar-refractivity contribution in [3.8, 4) is 0 Å². The van der Waals surface area contributed by atoms with Gasteiger partial charge in [-0.3, -0.25) is 5.84 Å². The summed E-state index contributed by atoms with van der Waals surface area (Å²) in [6.07, 6.45) is 1.43. The van der Waals surface area contributed by atoms with E-state index >= 15 is 0 Å². The van der Waals surface area contributed by atoms with Gasteiger partial charge >= 0.3 is 0 Å². The Kier molecular flexibility index (Phi) is 3.56. The summed E-state index contributed by atoms with van der Waals surface area (Å²) >= 11 is 3.17. The van der Waals surface area contributed by atoms with Crippen LogP contribution in [0.1, 0.15) is 17.2 Å². The Bertz CT molecular complexity index is 530. The Morgan fingerprint density at radius 2 is 2.00 bits per heavy atom. The molecule has 0 spiro atoms. The summed E-state index contributed by atoms with van der Waals surface area (Å²) in [5.74, 6) is 3.54. The van der Waals surface area contributed by atoms with E-state index in [9.17, 15) is 8.78 Å². The van der Waals surface area contributed by atoms with Crippen molar-refractivity contribution < 1.29 is 13.2 Å². The van der Waals surface area contributed by atoms with Crippen LogP contribution < -0.4 is 11.3 Å².